The largest absolute Gasteiger partial charge is 0.481 e. The molecule has 32 heavy (non-hydrogen) atoms. The van der Waals surface area contributed by atoms with Crippen LogP contribution in [0.2, 0.25) is 0 Å². The third kappa shape index (κ3) is 3.34. The number of aliphatic carboxylic acids is 1. The lowest BCUT2D eigenvalue weighted by Crippen LogP contribution is -2.31. The summed E-state index contributed by atoms with van der Waals surface area (Å²) in [5, 5.41) is 9.76. The molecule has 2 atom stereocenters. The van der Waals surface area contributed by atoms with E-state index in [-0.39, 0.29) is 25.0 Å². The number of carboxylic acids is 1. The Kier molecular flexibility index (Phi) is 5.17. The van der Waals surface area contributed by atoms with Gasteiger partial charge in [-0.05, 0) is 29.2 Å². The molecule has 2 unspecified atom stereocenters. The van der Waals surface area contributed by atoms with Gasteiger partial charge in [0.2, 0.25) is 0 Å². The van der Waals surface area contributed by atoms with Gasteiger partial charge in [0.05, 0.1) is 12.2 Å². The Labute approximate surface area is 186 Å². The van der Waals surface area contributed by atoms with Crippen molar-refractivity contribution in [2.75, 3.05) is 19.7 Å². The highest BCUT2D eigenvalue weighted by Crippen LogP contribution is 2.44. The Balaban J connectivity index is 1.32. The van der Waals surface area contributed by atoms with E-state index in [1.165, 1.54) is 16.0 Å². The Morgan fingerprint density at radius 1 is 1.06 bits per heavy atom. The van der Waals surface area contributed by atoms with E-state index in [2.05, 4.69) is 29.2 Å². The van der Waals surface area contributed by atoms with Crippen molar-refractivity contribution in [3.8, 4) is 11.1 Å². The molecule has 7 nitrogen and oxygen atoms in total. The lowest BCUT2D eigenvalue weighted by molar-refractivity contribution is -0.141. The van der Waals surface area contributed by atoms with Crippen LogP contribution < -0.4 is 0 Å². The molecule has 1 aromatic heterocycles. The third-order valence-corrected chi connectivity index (χ3v) is 6.70. The third-order valence-electron chi connectivity index (χ3n) is 6.70. The van der Waals surface area contributed by atoms with Crippen molar-refractivity contribution in [2.24, 2.45) is 5.92 Å². The molecule has 2 aromatic carbocycles. The molecule has 2 heterocycles. The van der Waals surface area contributed by atoms with E-state index in [0.29, 0.717) is 13.1 Å². The number of aromatic nitrogens is 2. The van der Waals surface area contributed by atoms with Crippen molar-refractivity contribution in [1.82, 2.24) is 14.5 Å². The molecule has 1 amide bonds. The first-order chi connectivity index (χ1) is 15.6. The van der Waals surface area contributed by atoms with Gasteiger partial charge in [-0.3, -0.25) is 4.79 Å². The number of carboxylic acid groups (broad SMARTS) is 1. The van der Waals surface area contributed by atoms with Gasteiger partial charge >= 0.3 is 12.1 Å². The number of amides is 1. The molecule has 3 aromatic rings. The van der Waals surface area contributed by atoms with Gasteiger partial charge in [0.25, 0.3) is 0 Å². The van der Waals surface area contributed by atoms with Crippen LogP contribution >= 0.6 is 0 Å². The van der Waals surface area contributed by atoms with Crippen molar-refractivity contribution in [1.29, 1.82) is 0 Å². The quantitative estimate of drug-likeness (QED) is 0.661. The van der Waals surface area contributed by atoms with Gasteiger partial charge in [0.15, 0.2) is 0 Å². The fraction of sp³-hybridized carbons (Fsp3) is 0.320. The summed E-state index contributed by atoms with van der Waals surface area (Å²) in [6.45, 7) is 3.34. The van der Waals surface area contributed by atoms with Gasteiger partial charge in [-0.2, -0.15) is 0 Å². The van der Waals surface area contributed by atoms with E-state index in [1.807, 2.05) is 35.8 Å². The molecule has 1 aliphatic carbocycles. The van der Waals surface area contributed by atoms with E-state index in [4.69, 9.17) is 4.74 Å². The molecule has 1 aliphatic heterocycles. The van der Waals surface area contributed by atoms with E-state index in [9.17, 15) is 14.7 Å². The molecular formula is C25H25N3O4. The average Bonchev–Trinajstić information content (AvgIpc) is 3.52. The Morgan fingerprint density at radius 3 is 2.34 bits per heavy atom. The van der Waals surface area contributed by atoms with Crippen LogP contribution in [0.3, 0.4) is 0 Å². The first-order valence-electron chi connectivity index (χ1n) is 10.9. The number of aryl methyl sites for hydroxylation is 1. The number of hydrogen-bond donors (Lipinski definition) is 1. The van der Waals surface area contributed by atoms with Crippen molar-refractivity contribution in [3.05, 3.63) is 77.9 Å². The van der Waals surface area contributed by atoms with Crippen LogP contribution in [-0.2, 0) is 16.1 Å². The maximum atomic E-state index is 13.0. The van der Waals surface area contributed by atoms with Crippen molar-refractivity contribution in [3.63, 3.8) is 0 Å². The van der Waals surface area contributed by atoms with Crippen LogP contribution in [0.4, 0.5) is 4.79 Å². The number of carbonyl (C=O) groups is 2. The molecule has 0 spiro atoms. The summed E-state index contributed by atoms with van der Waals surface area (Å²) in [7, 11) is 0. The molecular weight excluding hydrogens is 406 g/mol. The molecule has 7 heteroatoms. The van der Waals surface area contributed by atoms with Crippen LogP contribution in [0.5, 0.6) is 0 Å². The second-order valence-corrected chi connectivity index (χ2v) is 8.36. The molecule has 1 N–H and O–H groups in total. The highest BCUT2D eigenvalue weighted by Gasteiger charge is 2.42. The minimum absolute atomic E-state index is 0.0263. The van der Waals surface area contributed by atoms with Crippen LogP contribution in [0.15, 0.2) is 61.1 Å². The Bertz CT molecular complexity index is 1130. The van der Waals surface area contributed by atoms with Crippen LogP contribution in [0.1, 0.15) is 35.6 Å². The molecule has 1 saturated heterocycles. The Morgan fingerprint density at radius 2 is 1.72 bits per heavy atom. The number of nitrogens with zero attached hydrogens (tertiary/aromatic N) is 3. The lowest BCUT2D eigenvalue weighted by Gasteiger charge is -2.19. The van der Waals surface area contributed by atoms with E-state index >= 15 is 0 Å². The highest BCUT2D eigenvalue weighted by atomic mass is 16.6. The van der Waals surface area contributed by atoms with Gasteiger partial charge in [-0.1, -0.05) is 48.5 Å². The summed E-state index contributed by atoms with van der Waals surface area (Å²) < 4.78 is 7.68. The second-order valence-electron chi connectivity index (χ2n) is 8.36. The number of hydrogen-bond acceptors (Lipinski definition) is 4. The molecule has 0 radical (unpaired) electrons. The summed E-state index contributed by atoms with van der Waals surface area (Å²) in [5.41, 5.74) is 5.48. The first kappa shape index (κ1) is 20.3. The summed E-state index contributed by atoms with van der Waals surface area (Å²) >= 11 is 0. The monoisotopic (exact) mass is 431 g/mol. The zero-order chi connectivity index (χ0) is 22.2. The number of carbonyl (C=O) groups excluding carboxylic acids is 1. The van der Waals surface area contributed by atoms with E-state index < -0.39 is 18.0 Å². The topological polar surface area (TPSA) is 84.7 Å². The second kappa shape index (κ2) is 8.15. The van der Waals surface area contributed by atoms with Gasteiger partial charge in [0.1, 0.15) is 6.61 Å². The fourth-order valence-corrected chi connectivity index (χ4v) is 5.09. The SMILES string of the molecule is CCn1cncc1C1CN(C(=O)OCC2c3ccccc3-c3ccccc32)CC1C(=O)O. The van der Waals surface area contributed by atoms with Crippen molar-refractivity contribution >= 4 is 12.1 Å². The predicted molar refractivity (Wildman–Crippen MR) is 118 cm³/mol. The zero-order valence-corrected chi connectivity index (χ0v) is 17.8. The number of likely N-dealkylation sites (tertiary alicyclic amines) is 1. The normalized spacial score (nSPS) is 19.6. The highest BCUT2D eigenvalue weighted by molar-refractivity contribution is 5.79. The maximum Gasteiger partial charge on any atom is 0.409 e. The number of fused-ring (bicyclic) bond motifs is 3. The van der Waals surface area contributed by atoms with Crippen molar-refractivity contribution in [2.45, 2.75) is 25.3 Å². The standard InChI is InChI=1S/C25H25N3O4/c1-2-27-15-26-11-23(27)20-12-28(13-21(20)24(29)30)25(31)32-14-22-18-9-5-3-7-16(18)17-8-4-6-10-19(17)22/h3-11,15,20-22H,2,12-14H2,1H3,(H,29,30). The summed E-state index contributed by atoms with van der Waals surface area (Å²) in [5.74, 6) is -1.93. The van der Waals surface area contributed by atoms with Gasteiger partial charge in [-0.15, -0.1) is 0 Å². The number of imidazole rings is 1. The van der Waals surface area contributed by atoms with Gasteiger partial charge in [0, 0.05) is 43.4 Å². The molecule has 0 saturated carbocycles. The molecule has 0 bridgehead atoms. The maximum absolute atomic E-state index is 13.0. The minimum atomic E-state index is -0.909. The summed E-state index contributed by atoms with van der Waals surface area (Å²) in [4.78, 5) is 30.5. The van der Waals surface area contributed by atoms with Crippen LogP contribution in [-0.4, -0.2) is 51.3 Å². The molecule has 1 fully saturated rings. The smallest absolute Gasteiger partial charge is 0.409 e. The van der Waals surface area contributed by atoms with Crippen LogP contribution in [0.25, 0.3) is 11.1 Å². The molecule has 5 rings (SSSR count). The number of rotatable bonds is 5. The lowest BCUT2D eigenvalue weighted by atomic mass is 9.93. The van der Waals surface area contributed by atoms with Crippen LogP contribution in [0, 0.1) is 5.92 Å². The average molecular weight is 431 g/mol. The fourth-order valence-electron chi connectivity index (χ4n) is 5.09. The van der Waals surface area contributed by atoms with Gasteiger partial charge < -0.3 is 19.3 Å². The summed E-state index contributed by atoms with van der Waals surface area (Å²) in [6, 6.07) is 16.4. The number of ether oxygens (including phenoxy) is 1. The molecule has 2 aliphatic rings. The Hall–Kier alpha value is -3.61. The van der Waals surface area contributed by atoms with Gasteiger partial charge in [-0.25, -0.2) is 9.78 Å². The van der Waals surface area contributed by atoms with Crippen molar-refractivity contribution < 1.29 is 19.4 Å². The molecule has 164 valence electrons. The predicted octanol–water partition coefficient (Wildman–Crippen LogP) is 3.95. The van der Waals surface area contributed by atoms with E-state index in [1.54, 1.807) is 12.5 Å². The first-order valence-corrected chi connectivity index (χ1v) is 10.9. The number of benzene rings is 2. The minimum Gasteiger partial charge on any atom is -0.481 e. The summed E-state index contributed by atoms with van der Waals surface area (Å²) in [6.07, 6.45) is 2.93. The van der Waals surface area contributed by atoms with E-state index in [0.717, 1.165) is 16.8 Å². The zero-order valence-electron chi connectivity index (χ0n) is 17.8.